The molecular weight excluding hydrogens is 350 g/mol. The number of hydrogen-bond donors (Lipinski definition) is 2. The number of carbonyl (C=O) groups is 1. The Morgan fingerprint density at radius 1 is 1.27 bits per heavy atom. The van der Waals surface area contributed by atoms with Crippen LogP contribution in [0.5, 0.6) is 0 Å². The summed E-state index contributed by atoms with van der Waals surface area (Å²) in [4.78, 5) is 13.5. The summed E-state index contributed by atoms with van der Waals surface area (Å²) in [7, 11) is 0. The Bertz CT molecular complexity index is 589. The van der Waals surface area contributed by atoms with Crippen molar-refractivity contribution in [3.05, 3.63) is 35.6 Å². The molecule has 1 saturated heterocycles. The molecule has 26 heavy (non-hydrogen) atoms. The fourth-order valence-corrected chi connectivity index (χ4v) is 3.21. The monoisotopic (exact) mass is 375 g/mol. The third kappa shape index (κ3) is 6.48. The van der Waals surface area contributed by atoms with Gasteiger partial charge in [0.25, 0.3) is 0 Å². The summed E-state index contributed by atoms with van der Waals surface area (Å²) in [5.41, 5.74) is 0.800. The van der Waals surface area contributed by atoms with Crippen LogP contribution in [0.4, 0.5) is 22.4 Å². The third-order valence-corrected chi connectivity index (χ3v) is 4.51. The molecule has 8 heteroatoms. The fraction of sp³-hybridized carbons (Fsp3) is 0.611. The highest BCUT2D eigenvalue weighted by Crippen LogP contribution is 2.23. The lowest BCUT2D eigenvalue weighted by Crippen LogP contribution is -2.42. The molecule has 0 radical (unpaired) electrons. The molecule has 1 aromatic rings. The second-order valence-electron chi connectivity index (χ2n) is 7.13. The van der Waals surface area contributed by atoms with E-state index in [9.17, 15) is 22.4 Å². The molecule has 0 aliphatic carbocycles. The van der Waals surface area contributed by atoms with Gasteiger partial charge in [-0.25, -0.2) is 9.18 Å². The van der Waals surface area contributed by atoms with Gasteiger partial charge in [-0.1, -0.05) is 26.0 Å². The number of rotatable bonds is 6. The summed E-state index contributed by atoms with van der Waals surface area (Å²) in [6, 6.07) is 5.30. The van der Waals surface area contributed by atoms with Crippen molar-refractivity contribution in [2.75, 3.05) is 26.2 Å². The van der Waals surface area contributed by atoms with E-state index in [0.717, 1.165) is 5.56 Å². The zero-order valence-corrected chi connectivity index (χ0v) is 14.9. The number of urea groups is 1. The van der Waals surface area contributed by atoms with Crippen LogP contribution in [0.15, 0.2) is 24.3 Å². The van der Waals surface area contributed by atoms with Crippen LogP contribution < -0.4 is 10.6 Å². The summed E-state index contributed by atoms with van der Waals surface area (Å²) < 4.78 is 50.3. The normalized spacial score (nSPS) is 19.6. The number of nitrogens with zero attached hydrogens (tertiary/aromatic N) is 1. The number of likely N-dealkylation sites (tertiary alicyclic amines) is 1. The van der Waals surface area contributed by atoms with Crippen molar-refractivity contribution in [3.63, 3.8) is 0 Å². The highest BCUT2D eigenvalue weighted by atomic mass is 19.4. The minimum atomic E-state index is -4.20. The molecule has 146 valence electrons. The highest BCUT2D eigenvalue weighted by molar-refractivity contribution is 5.74. The molecule has 2 unspecified atom stereocenters. The van der Waals surface area contributed by atoms with Gasteiger partial charge in [0.1, 0.15) is 5.82 Å². The molecule has 2 N–H and O–H groups in total. The molecule has 0 saturated carbocycles. The van der Waals surface area contributed by atoms with Crippen LogP contribution in [0, 0.1) is 17.7 Å². The predicted molar refractivity (Wildman–Crippen MR) is 91.1 cm³/mol. The number of benzene rings is 1. The second kappa shape index (κ2) is 8.70. The smallest absolute Gasteiger partial charge is 0.338 e. The lowest BCUT2D eigenvalue weighted by molar-refractivity contribution is -0.143. The van der Waals surface area contributed by atoms with Crippen LogP contribution in [0.25, 0.3) is 0 Å². The molecule has 1 aromatic carbocycles. The molecule has 1 aliphatic rings. The number of hydrogen-bond acceptors (Lipinski definition) is 2. The SMILES string of the molecule is CC(C)C(NC(=O)NCC1CCN(CC(F)(F)F)C1)c1ccc(F)cc1. The van der Waals surface area contributed by atoms with Gasteiger partial charge in [-0.3, -0.25) is 4.90 Å². The Morgan fingerprint density at radius 3 is 2.50 bits per heavy atom. The van der Waals surface area contributed by atoms with Gasteiger partial charge >= 0.3 is 12.2 Å². The molecule has 2 rings (SSSR count). The van der Waals surface area contributed by atoms with Crippen LogP contribution in [0.2, 0.25) is 0 Å². The minimum Gasteiger partial charge on any atom is -0.338 e. The van der Waals surface area contributed by atoms with Gasteiger partial charge in [0.15, 0.2) is 0 Å². The predicted octanol–water partition coefficient (Wildman–Crippen LogP) is 3.71. The van der Waals surface area contributed by atoms with E-state index in [1.54, 1.807) is 12.1 Å². The topological polar surface area (TPSA) is 44.4 Å². The van der Waals surface area contributed by atoms with Crippen LogP contribution in [-0.2, 0) is 0 Å². The molecular formula is C18H25F4N3O. The number of halogens is 4. The van der Waals surface area contributed by atoms with Crippen LogP contribution in [-0.4, -0.2) is 43.3 Å². The molecule has 1 heterocycles. The zero-order valence-electron chi connectivity index (χ0n) is 14.9. The average molecular weight is 375 g/mol. The maximum Gasteiger partial charge on any atom is 0.401 e. The van der Waals surface area contributed by atoms with Crippen molar-refractivity contribution in [3.8, 4) is 0 Å². The number of carbonyl (C=O) groups excluding carboxylic acids is 1. The Morgan fingerprint density at radius 2 is 1.92 bits per heavy atom. The average Bonchev–Trinajstić information content (AvgIpc) is 2.97. The number of nitrogens with one attached hydrogen (secondary N) is 2. The van der Waals surface area contributed by atoms with E-state index in [0.29, 0.717) is 26.1 Å². The van der Waals surface area contributed by atoms with Gasteiger partial charge in [0.2, 0.25) is 0 Å². The standard InChI is InChI=1S/C18H25F4N3O/c1-12(2)16(14-3-5-15(19)6-4-14)24-17(26)23-9-13-7-8-25(10-13)11-18(20,21)22/h3-6,12-13,16H,7-11H2,1-2H3,(H2,23,24,26). The highest BCUT2D eigenvalue weighted by Gasteiger charge is 2.34. The van der Waals surface area contributed by atoms with Crippen molar-refractivity contribution >= 4 is 6.03 Å². The van der Waals surface area contributed by atoms with Crippen molar-refractivity contribution in [2.24, 2.45) is 11.8 Å². The lowest BCUT2D eigenvalue weighted by atomic mass is 9.96. The largest absolute Gasteiger partial charge is 0.401 e. The number of amides is 2. The van der Waals surface area contributed by atoms with Crippen molar-refractivity contribution in [2.45, 2.75) is 32.5 Å². The first kappa shape index (κ1) is 20.5. The first-order valence-corrected chi connectivity index (χ1v) is 8.73. The van der Waals surface area contributed by atoms with E-state index in [2.05, 4.69) is 10.6 Å². The fourth-order valence-electron chi connectivity index (χ4n) is 3.21. The second-order valence-corrected chi connectivity index (χ2v) is 7.13. The lowest BCUT2D eigenvalue weighted by Gasteiger charge is -2.24. The molecule has 2 amide bonds. The molecule has 0 aromatic heterocycles. The van der Waals surface area contributed by atoms with Crippen molar-refractivity contribution in [1.29, 1.82) is 0 Å². The van der Waals surface area contributed by atoms with Crippen LogP contribution in [0.3, 0.4) is 0 Å². The first-order chi connectivity index (χ1) is 12.1. The van der Waals surface area contributed by atoms with E-state index in [4.69, 9.17) is 0 Å². The molecule has 1 aliphatic heterocycles. The Labute approximate surface area is 150 Å². The maximum atomic E-state index is 13.1. The molecule has 4 nitrogen and oxygen atoms in total. The summed E-state index contributed by atoms with van der Waals surface area (Å²) in [6.07, 6.45) is -3.57. The van der Waals surface area contributed by atoms with Gasteiger partial charge in [0.05, 0.1) is 12.6 Å². The maximum absolute atomic E-state index is 13.1. The minimum absolute atomic E-state index is 0.00595. The summed E-state index contributed by atoms with van der Waals surface area (Å²) in [5.74, 6) is -0.239. The van der Waals surface area contributed by atoms with Crippen molar-refractivity contribution in [1.82, 2.24) is 15.5 Å². The van der Waals surface area contributed by atoms with Crippen LogP contribution >= 0.6 is 0 Å². The van der Waals surface area contributed by atoms with Crippen LogP contribution in [0.1, 0.15) is 31.9 Å². The Balaban J connectivity index is 1.81. The summed E-state index contributed by atoms with van der Waals surface area (Å²) in [5, 5.41) is 5.60. The van der Waals surface area contributed by atoms with E-state index in [1.165, 1.54) is 17.0 Å². The van der Waals surface area contributed by atoms with E-state index in [1.807, 2.05) is 13.8 Å². The van der Waals surface area contributed by atoms with Gasteiger partial charge in [-0.15, -0.1) is 0 Å². The van der Waals surface area contributed by atoms with Gasteiger partial charge in [0, 0.05) is 13.1 Å². The summed E-state index contributed by atoms with van der Waals surface area (Å²) >= 11 is 0. The van der Waals surface area contributed by atoms with E-state index in [-0.39, 0.29) is 29.7 Å². The quantitative estimate of drug-likeness (QED) is 0.745. The molecule has 0 spiro atoms. The molecule has 0 bridgehead atoms. The van der Waals surface area contributed by atoms with Gasteiger partial charge in [-0.05, 0) is 42.5 Å². The first-order valence-electron chi connectivity index (χ1n) is 8.73. The molecule has 1 fully saturated rings. The Kier molecular flexibility index (Phi) is 6.86. The Hall–Kier alpha value is -1.83. The van der Waals surface area contributed by atoms with Crippen molar-refractivity contribution < 1.29 is 22.4 Å². The van der Waals surface area contributed by atoms with E-state index < -0.39 is 12.7 Å². The molecule has 2 atom stereocenters. The van der Waals surface area contributed by atoms with E-state index >= 15 is 0 Å². The van der Waals surface area contributed by atoms with Gasteiger partial charge < -0.3 is 10.6 Å². The zero-order chi connectivity index (χ0) is 19.3. The summed E-state index contributed by atoms with van der Waals surface area (Å²) in [6.45, 7) is 4.02. The number of alkyl halides is 3. The van der Waals surface area contributed by atoms with Gasteiger partial charge in [-0.2, -0.15) is 13.2 Å². The third-order valence-electron chi connectivity index (χ3n) is 4.51.